The topological polar surface area (TPSA) is 55.5 Å². The van der Waals surface area contributed by atoms with E-state index < -0.39 is 0 Å². The predicted octanol–water partition coefficient (Wildman–Crippen LogP) is 3.01. The highest BCUT2D eigenvalue weighted by Crippen LogP contribution is 2.32. The van der Waals surface area contributed by atoms with Crippen molar-refractivity contribution in [3.63, 3.8) is 0 Å². The molecule has 3 heterocycles. The Kier molecular flexibility index (Phi) is 3.86. The molecule has 0 spiro atoms. The molecule has 0 saturated heterocycles. The maximum atomic E-state index is 4.62. The monoisotopic (exact) mass is 321 g/mol. The molecule has 0 fully saturated rings. The van der Waals surface area contributed by atoms with Gasteiger partial charge in [0.1, 0.15) is 0 Å². The molecule has 1 unspecified atom stereocenters. The maximum Gasteiger partial charge on any atom is 0.152 e. The van der Waals surface area contributed by atoms with Crippen LogP contribution < -0.4 is 10.6 Å². The van der Waals surface area contributed by atoms with E-state index in [1.807, 2.05) is 13.3 Å². The zero-order valence-corrected chi connectivity index (χ0v) is 14.1. The minimum absolute atomic E-state index is 0.293. The third-order valence-electron chi connectivity index (χ3n) is 4.65. The molecule has 0 saturated carbocycles. The van der Waals surface area contributed by atoms with Gasteiger partial charge in [0.15, 0.2) is 5.82 Å². The number of rotatable bonds is 5. The van der Waals surface area contributed by atoms with Gasteiger partial charge in [-0.1, -0.05) is 18.2 Å². The Bertz CT molecular complexity index is 842. The summed E-state index contributed by atoms with van der Waals surface area (Å²) in [6, 6.07) is 8.70. The number of benzene rings is 1. The quantitative estimate of drug-likeness (QED) is 0.742. The molecule has 124 valence electrons. The average molecular weight is 321 g/mol. The number of aliphatic imine (C=N–C) groups is 1. The molecule has 0 radical (unpaired) electrons. The normalized spacial score (nSPS) is 19.7. The lowest BCUT2D eigenvalue weighted by Crippen LogP contribution is -2.31. The lowest BCUT2D eigenvalue weighted by molar-refractivity contribution is 0.440. The van der Waals surface area contributed by atoms with Crippen LogP contribution in [0.2, 0.25) is 0 Å². The van der Waals surface area contributed by atoms with Gasteiger partial charge in [-0.3, -0.25) is 0 Å². The van der Waals surface area contributed by atoms with Gasteiger partial charge < -0.3 is 20.5 Å². The van der Waals surface area contributed by atoms with Gasteiger partial charge in [-0.05, 0) is 39.4 Å². The number of hydrogen-bond donors (Lipinski definition) is 3. The highest BCUT2D eigenvalue weighted by molar-refractivity contribution is 5.92. The van der Waals surface area contributed by atoms with Crippen LogP contribution in [0.1, 0.15) is 25.3 Å². The summed E-state index contributed by atoms with van der Waals surface area (Å²) in [5.74, 6) is 1.06. The number of nitrogens with zero attached hydrogens (tertiary/aromatic N) is 2. The fourth-order valence-electron chi connectivity index (χ4n) is 3.36. The molecule has 2 aliphatic heterocycles. The highest BCUT2D eigenvalue weighted by atomic mass is 15.3. The number of H-pyrrole nitrogens is 1. The van der Waals surface area contributed by atoms with Gasteiger partial charge in [-0.2, -0.15) is 0 Å². The third kappa shape index (κ3) is 2.51. The van der Waals surface area contributed by atoms with Gasteiger partial charge in [0.2, 0.25) is 0 Å². The summed E-state index contributed by atoms with van der Waals surface area (Å²) in [4.78, 5) is 10.3. The molecule has 24 heavy (non-hydrogen) atoms. The fraction of sp³-hybridized carbons (Fsp3) is 0.316. The van der Waals surface area contributed by atoms with Crippen molar-refractivity contribution in [3.05, 3.63) is 53.7 Å². The van der Waals surface area contributed by atoms with Crippen molar-refractivity contribution in [1.29, 1.82) is 0 Å². The molecule has 5 nitrogen and oxygen atoms in total. The molecule has 1 aromatic carbocycles. The van der Waals surface area contributed by atoms with E-state index in [2.05, 4.69) is 69.1 Å². The first-order valence-corrected chi connectivity index (χ1v) is 8.53. The summed E-state index contributed by atoms with van der Waals surface area (Å²) in [7, 11) is 1.99. The van der Waals surface area contributed by atoms with E-state index in [1.54, 1.807) is 0 Å². The zero-order chi connectivity index (χ0) is 16.5. The lowest BCUT2D eigenvalue weighted by Gasteiger charge is -2.29. The van der Waals surface area contributed by atoms with Gasteiger partial charge in [0, 0.05) is 35.1 Å². The van der Waals surface area contributed by atoms with Crippen LogP contribution in [0.25, 0.3) is 16.6 Å². The molecule has 2 aromatic rings. The Morgan fingerprint density at radius 2 is 2.17 bits per heavy atom. The number of para-hydroxylation sites is 1. The van der Waals surface area contributed by atoms with Crippen LogP contribution in [0.15, 0.2) is 53.2 Å². The van der Waals surface area contributed by atoms with Crippen LogP contribution in [0.4, 0.5) is 0 Å². The molecule has 1 aromatic heterocycles. The molecule has 2 aliphatic rings. The number of aromatic nitrogens is 1. The van der Waals surface area contributed by atoms with E-state index in [0.717, 1.165) is 36.4 Å². The fourth-order valence-corrected chi connectivity index (χ4v) is 3.36. The number of aromatic amines is 1. The van der Waals surface area contributed by atoms with Gasteiger partial charge in [-0.15, -0.1) is 0 Å². The minimum atomic E-state index is 0.293. The Balaban J connectivity index is 1.69. The zero-order valence-electron chi connectivity index (χ0n) is 14.1. The van der Waals surface area contributed by atoms with Crippen LogP contribution in [0.3, 0.4) is 0 Å². The van der Waals surface area contributed by atoms with Crippen LogP contribution in [0.5, 0.6) is 0 Å². The maximum absolute atomic E-state index is 4.62. The predicted molar refractivity (Wildman–Crippen MR) is 99.4 cm³/mol. The minimum Gasteiger partial charge on any atom is -0.360 e. The van der Waals surface area contributed by atoms with E-state index in [1.165, 1.54) is 16.6 Å². The second-order valence-electron chi connectivity index (χ2n) is 6.35. The standard InChI is InChI=1S/C19H23N5/c1-13-10-22-19-17(8-5-9-20-2)23-18(12-24(13)19)15-11-21-16-7-4-3-6-14(15)16/h3-4,6-7,10-13,20-21,23H,5,8-9H2,1-2H3. The summed E-state index contributed by atoms with van der Waals surface area (Å²) in [6.45, 7) is 3.18. The highest BCUT2D eigenvalue weighted by Gasteiger charge is 2.28. The Hall–Kier alpha value is -2.53. The van der Waals surface area contributed by atoms with Gasteiger partial charge in [-0.25, -0.2) is 4.99 Å². The van der Waals surface area contributed by atoms with Crippen molar-refractivity contribution in [2.24, 2.45) is 4.99 Å². The smallest absolute Gasteiger partial charge is 0.152 e. The molecule has 0 aliphatic carbocycles. The Morgan fingerprint density at radius 1 is 1.29 bits per heavy atom. The van der Waals surface area contributed by atoms with Crippen LogP contribution >= 0.6 is 0 Å². The lowest BCUT2D eigenvalue weighted by atomic mass is 10.1. The first-order chi connectivity index (χ1) is 11.8. The molecule has 4 rings (SSSR count). The van der Waals surface area contributed by atoms with Crippen molar-refractivity contribution in [3.8, 4) is 0 Å². The van der Waals surface area contributed by atoms with Gasteiger partial charge in [0.25, 0.3) is 0 Å². The van der Waals surface area contributed by atoms with E-state index in [4.69, 9.17) is 0 Å². The summed E-state index contributed by atoms with van der Waals surface area (Å²) < 4.78 is 0. The van der Waals surface area contributed by atoms with Crippen molar-refractivity contribution in [2.45, 2.75) is 25.8 Å². The number of hydrogen-bond acceptors (Lipinski definition) is 4. The van der Waals surface area contributed by atoms with E-state index in [-0.39, 0.29) is 0 Å². The summed E-state index contributed by atoms with van der Waals surface area (Å²) >= 11 is 0. The van der Waals surface area contributed by atoms with Crippen molar-refractivity contribution in [1.82, 2.24) is 20.5 Å². The summed E-state index contributed by atoms with van der Waals surface area (Å²) in [6.07, 6.45) is 8.35. The third-order valence-corrected chi connectivity index (χ3v) is 4.65. The van der Waals surface area contributed by atoms with Crippen LogP contribution in [-0.4, -0.2) is 35.7 Å². The molecule has 3 N–H and O–H groups in total. The van der Waals surface area contributed by atoms with E-state index >= 15 is 0 Å². The second kappa shape index (κ2) is 6.17. The molecular formula is C19H23N5. The number of fused-ring (bicyclic) bond motifs is 2. The van der Waals surface area contributed by atoms with Crippen molar-refractivity contribution >= 4 is 22.8 Å². The molecule has 1 atom stereocenters. The average Bonchev–Trinajstić information content (AvgIpc) is 3.19. The first-order valence-electron chi connectivity index (χ1n) is 8.53. The van der Waals surface area contributed by atoms with E-state index in [9.17, 15) is 0 Å². The summed E-state index contributed by atoms with van der Waals surface area (Å²) in [5, 5.41) is 8.09. The van der Waals surface area contributed by atoms with Crippen LogP contribution in [-0.2, 0) is 0 Å². The SMILES string of the molecule is CNCCCC1=C2N=CC(C)N2C=C(c2c[nH]c3ccccc23)N1. The van der Waals surface area contributed by atoms with E-state index in [0.29, 0.717) is 6.04 Å². The van der Waals surface area contributed by atoms with Crippen molar-refractivity contribution in [2.75, 3.05) is 13.6 Å². The van der Waals surface area contributed by atoms with Crippen LogP contribution in [0, 0.1) is 0 Å². The molecule has 5 heteroatoms. The first kappa shape index (κ1) is 15.0. The Labute approximate surface area is 142 Å². The Morgan fingerprint density at radius 3 is 3.04 bits per heavy atom. The number of allylic oxidation sites excluding steroid dienone is 1. The molecule has 0 amide bonds. The molecule has 0 bridgehead atoms. The van der Waals surface area contributed by atoms with Gasteiger partial charge >= 0.3 is 0 Å². The van der Waals surface area contributed by atoms with Crippen molar-refractivity contribution < 1.29 is 0 Å². The molecular weight excluding hydrogens is 298 g/mol. The number of nitrogens with one attached hydrogen (secondary N) is 3. The largest absolute Gasteiger partial charge is 0.360 e. The second-order valence-corrected chi connectivity index (χ2v) is 6.35. The van der Waals surface area contributed by atoms with Gasteiger partial charge in [0.05, 0.1) is 17.4 Å². The summed E-state index contributed by atoms with van der Waals surface area (Å²) in [5.41, 5.74) is 4.70.